The Labute approximate surface area is 167 Å². The molecule has 2 aromatic carbocycles. The first-order valence-corrected chi connectivity index (χ1v) is 10.5. The van der Waals surface area contributed by atoms with Crippen LogP contribution in [-0.4, -0.2) is 33.1 Å². The van der Waals surface area contributed by atoms with Crippen molar-refractivity contribution >= 4 is 17.7 Å². The second kappa shape index (κ2) is 7.31. The van der Waals surface area contributed by atoms with Crippen LogP contribution in [0, 0.1) is 0 Å². The molecule has 0 atom stereocenters. The molecule has 0 unspecified atom stereocenters. The standard InChI is InChI=1S/C21H20N4O2S/c26-20(16-5-2-1-3-6-16)24-11-12-28-21-23-22-19(25(21)24)14-27-18-10-9-15-7-4-8-17(15)13-18/h1-3,5-6,9-10,13H,4,7-8,11-12,14H2. The van der Waals surface area contributed by atoms with Crippen molar-refractivity contribution in [2.75, 3.05) is 17.3 Å². The summed E-state index contributed by atoms with van der Waals surface area (Å²) in [6, 6.07) is 15.6. The van der Waals surface area contributed by atoms with E-state index < -0.39 is 0 Å². The van der Waals surface area contributed by atoms with Crippen molar-refractivity contribution in [3.05, 3.63) is 71.0 Å². The first-order valence-electron chi connectivity index (χ1n) is 9.48. The zero-order valence-corrected chi connectivity index (χ0v) is 16.2. The normalized spacial score (nSPS) is 15.2. The molecular formula is C21H20N4O2S. The Morgan fingerprint density at radius 1 is 1.07 bits per heavy atom. The van der Waals surface area contributed by atoms with E-state index in [-0.39, 0.29) is 12.5 Å². The molecule has 1 aliphatic carbocycles. The summed E-state index contributed by atoms with van der Waals surface area (Å²) in [5, 5.41) is 11.0. The highest BCUT2D eigenvalue weighted by atomic mass is 32.2. The molecule has 0 saturated heterocycles. The lowest BCUT2D eigenvalue weighted by molar-refractivity contribution is 0.0953. The maximum Gasteiger partial charge on any atom is 0.272 e. The molecule has 2 heterocycles. The number of rotatable bonds is 4. The number of amides is 1. The average Bonchev–Trinajstić information content (AvgIpc) is 3.38. The molecule has 142 valence electrons. The van der Waals surface area contributed by atoms with Crippen molar-refractivity contribution in [2.24, 2.45) is 0 Å². The average molecular weight is 392 g/mol. The summed E-state index contributed by atoms with van der Waals surface area (Å²) in [6.07, 6.45) is 3.48. The fraction of sp³-hybridized carbons (Fsp3) is 0.286. The lowest BCUT2D eigenvalue weighted by atomic mass is 10.1. The van der Waals surface area contributed by atoms with Crippen molar-refractivity contribution in [2.45, 2.75) is 31.0 Å². The third kappa shape index (κ3) is 3.16. The third-order valence-electron chi connectivity index (χ3n) is 5.15. The Balaban J connectivity index is 1.38. The minimum atomic E-state index is -0.0549. The van der Waals surface area contributed by atoms with Crippen LogP contribution in [0.3, 0.4) is 0 Å². The van der Waals surface area contributed by atoms with Crippen LogP contribution >= 0.6 is 11.8 Å². The first kappa shape index (κ1) is 17.3. The van der Waals surface area contributed by atoms with Crippen molar-refractivity contribution in [1.29, 1.82) is 0 Å². The fourth-order valence-corrected chi connectivity index (χ4v) is 4.62. The van der Waals surface area contributed by atoms with Crippen LogP contribution < -0.4 is 9.75 Å². The van der Waals surface area contributed by atoms with Gasteiger partial charge in [0.1, 0.15) is 12.4 Å². The summed E-state index contributed by atoms with van der Waals surface area (Å²) in [5.74, 6) is 2.21. The van der Waals surface area contributed by atoms with E-state index in [0.717, 1.165) is 29.5 Å². The number of carbonyl (C=O) groups excluding carboxylic acids is 1. The van der Waals surface area contributed by atoms with E-state index in [0.29, 0.717) is 17.9 Å². The van der Waals surface area contributed by atoms with E-state index in [2.05, 4.69) is 22.3 Å². The van der Waals surface area contributed by atoms with Crippen molar-refractivity contribution in [1.82, 2.24) is 14.9 Å². The molecule has 7 heteroatoms. The van der Waals surface area contributed by atoms with Crippen LogP contribution in [-0.2, 0) is 19.4 Å². The monoisotopic (exact) mass is 392 g/mol. The Hall–Kier alpha value is -2.80. The molecule has 0 spiro atoms. The van der Waals surface area contributed by atoms with Gasteiger partial charge in [-0.1, -0.05) is 36.0 Å². The molecule has 0 N–H and O–H groups in total. The van der Waals surface area contributed by atoms with E-state index in [1.54, 1.807) is 21.4 Å². The van der Waals surface area contributed by atoms with Gasteiger partial charge < -0.3 is 4.74 Å². The van der Waals surface area contributed by atoms with Gasteiger partial charge in [-0.05, 0) is 54.7 Å². The smallest absolute Gasteiger partial charge is 0.272 e. The molecule has 0 fully saturated rings. The molecule has 28 heavy (non-hydrogen) atoms. The fourth-order valence-electron chi connectivity index (χ4n) is 3.75. The van der Waals surface area contributed by atoms with Gasteiger partial charge >= 0.3 is 0 Å². The lowest BCUT2D eigenvalue weighted by Crippen LogP contribution is -2.45. The number of carbonyl (C=O) groups is 1. The van der Waals surface area contributed by atoms with E-state index >= 15 is 0 Å². The highest BCUT2D eigenvalue weighted by Gasteiger charge is 2.28. The molecule has 1 aromatic heterocycles. The third-order valence-corrected chi connectivity index (χ3v) is 6.04. The Kier molecular flexibility index (Phi) is 4.52. The van der Waals surface area contributed by atoms with Gasteiger partial charge in [0.15, 0.2) is 5.82 Å². The van der Waals surface area contributed by atoms with E-state index in [9.17, 15) is 4.79 Å². The van der Waals surface area contributed by atoms with Crippen LogP contribution in [0.25, 0.3) is 0 Å². The topological polar surface area (TPSA) is 60.3 Å². The number of thioether (sulfide) groups is 1. The highest BCUT2D eigenvalue weighted by molar-refractivity contribution is 7.99. The Morgan fingerprint density at radius 2 is 1.93 bits per heavy atom. The number of aromatic nitrogens is 3. The van der Waals surface area contributed by atoms with Gasteiger partial charge in [0.25, 0.3) is 5.91 Å². The van der Waals surface area contributed by atoms with E-state index in [1.807, 2.05) is 36.4 Å². The lowest BCUT2D eigenvalue weighted by Gasteiger charge is -2.29. The van der Waals surface area contributed by atoms with Gasteiger partial charge in [-0.25, -0.2) is 9.69 Å². The second-order valence-corrected chi connectivity index (χ2v) is 7.99. The predicted octanol–water partition coefficient (Wildman–Crippen LogP) is 3.23. The molecule has 6 nitrogen and oxygen atoms in total. The number of nitrogens with zero attached hydrogens (tertiary/aromatic N) is 4. The molecular weight excluding hydrogens is 372 g/mol. The van der Waals surface area contributed by atoms with Crippen LogP contribution in [0.1, 0.15) is 33.7 Å². The van der Waals surface area contributed by atoms with E-state index in [4.69, 9.17) is 4.74 Å². The van der Waals surface area contributed by atoms with Gasteiger partial charge in [-0.15, -0.1) is 10.2 Å². The quantitative estimate of drug-likeness (QED) is 0.682. The Morgan fingerprint density at radius 3 is 2.82 bits per heavy atom. The van der Waals surface area contributed by atoms with Gasteiger partial charge in [0.2, 0.25) is 5.16 Å². The summed E-state index contributed by atoms with van der Waals surface area (Å²) >= 11 is 1.60. The largest absolute Gasteiger partial charge is 0.486 e. The summed E-state index contributed by atoms with van der Waals surface area (Å²) in [4.78, 5) is 13.0. The van der Waals surface area contributed by atoms with Gasteiger partial charge in [-0.3, -0.25) is 4.79 Å². The number of benzene rings is 2. The van der Waals surface area contributed by atoms with Gasteiger partial charge in [0, 0.05) is 11.3 Å². The maximum atomic E-state index is 13.0. The zero-order chi connectivity index (χ0) is 18.9. The molecule has 3 aromatic rings. The molecule has 0 radical (unpaired) electrons. The maximum absolute atomic E-state index is 13.0. The highest BCUT2D eigenvalue weighted by Crippen LogP contribution is 2.27. The summed E-state index contributed by atoms with van der Waals surface area (Å²) in [5.41, 5.74) is 3.44. The van der Waals surface area contributed by atoms with Crippen molar-refractivity contribution in [3.63, 3.8) is 0 Å². The molecule has 0 bridgehead atoms. The molecule has 1 aliphatic heterocycles. The number of hydrogen-bond donors (Lipinski definition) is 0. The summed E-state index contributed by atoms with van der Waals surface area (Å²) < 4.78 is 7.81. The van der Waals surface area contributed by atoms with Crippen LogP contribution in [0.5, 0.6) is 5.75 Å². The minimum absolute atomic E-state index is 0.0549. The molecule has 2 aliphatic rings. The molecule has 1 amide bonds. The minimum Gasteiger partial charge on any atom is -0.486 e. The summed E-state index contributed by atoms with van der Waals surface area (Å²) in [6.45, 7) is 0.875. The van der Waals surface area contributed by atoms with Crippen LogP contribution in [0.4, 0.5) is 0 Å². The van der Waals surface area contributed by atoms with Gasteiger partial charge in [0.05, 0.1) is 6.54 Å². The predicted molar refractivity (Wildman–Crippen MR) is 107 cm³/mol. The molecule has 5 rings (SSSR count). The van der Waals surface area contributed by atoms with Gasteiger partial charge in [-0.2, -0.15) is 0 Å². The number of aryl methyl sites for hydroxylation is 2. The SMILES string of the molecule is O=C(c1ccccc1)N1CCSc2nnc(COc3ccc4c(c3)CCC4)n21. The summed E-state index contributed by atoms with van der Waals surface area (Å²) in [7, 11) is 0. The number of ether oxygens (including phenoxy) is 1. The molecule has 0 saturated carbocycles. The van der Waals surface area contributed by atoms with Crippen LogP contribution in [0.15, 0.2) is 53.7 Å². The van der Waals surface area contributed by atoms with Crippen molar-refractivity contribution < 1.29 is 9.53 Å². The number of fused-ring (bicyclic) bond motifs is 2. The second-order valence-electron chi connectivity index (χ2n) is 6.93. The first-order chi connectivity index (χ1) is 13.8. The van der Waals surface area contributed by atoms with Crippen LogP contribution in [0.2, 0.25) is 0 Å². The Bertz CT molecular complexity index is 1020. The van der Waals surface area contributed by atoms with Crippen molar-refractivity contribution in [3.8, 4) is 5.75 Å². The van der Waals surface area contributed by atoms with E-state index in [1.165, 1.54) is 17.5 Å². The zero-order valence-electron chi connectivity index (χ0n) is 15.4. The number of hydrogen-bond acceptors (Lipinski definition) is 5.